The molecule has 0 saturated carbocycles. The highest BCUT2D eigenvalue weighted by molar-refractivity contribution is 5.99. The van der Waals surface area contributed by atoms with Gasteiger partial charge in [-0.1, -0.05) is 0 Å². The molecule has 0 aromatic heterocycles. The Hall–Kier alpha value is -3.30. The van der Waals surface area contributed by atoms with Crippen LogP contribution in [0.3, 0.4) is 0 Å². The number of methoxy groups -OCH3 is 1. The summed E-state index contributed by atoms with van der Waals surface area (Å²) in [7, 11) is 1.52. The van der Waals surface area contributed by atoms with E-state index in [1.165, 1.54) is 16.9 Å². The second-order valence-electron chi connectivity index (χ2n) is 6.29. The highest BCUT2D eigenvalue weighted by Gasteiger charge is 2.35. The summed E-state index contributed by atoms with van der Waals surface area (Å²) in [4.78, 5) is 27.4. The maximum atomic E-state index is 13.3. The minimum atomic E-state index is -4.88. The van der Waals surface area contributed by atoms with Crippen LogP contribution >= 0.6 is 0 Å². The number of halogens is 4. The Labute approximate surface area is 163 Å². The maximum absolute atomic E-state index is 13.3. The number of ether oxygens (including phenoxy) is 1. The molecular weight excluding hydrogens is 394 g/mol. The van der Waals surface area contributed by atoms with Gasteiger partial charge >= 0.3 is 12.2 Å². The van der Waals surface area contributed by atoms with E-state index in [0.29, 0.717) is 30.1 Å². The largest absolute Gasteiger partial charge is 0.497 e. The lowest BCUT2D eigenvalue weighted by Crippen LogP contribution is -2.37. The lowest BCUT2D eigenvalue weighted by molar-refractivity contribution is -0.140. The number of anilines is 2. The van der Waals surface area contributed by atoms with E-state index in [1.54, 1.807) is 24.3 Å². The Morgan fingerprint density at radius 1 is 1.14 bits per heavy atom. The van der Waals surface area contributed by atoms with Crippen LogP contribution < -0.4 is 15.0 Å². The third-order valence-electron chi connectivity index (χ3n) is 4.37. The van der Waals surface area contributed by atoms with Gasteiger partial charge in [-0.3, -0.25) is 9.69 Å². The second-order valence-corrected chi connectivity index (χ2v) is 6.29. The number of amides is 3. The molecular formula is C19H17F4N3O3. The van der Waals surface area contributed by atoms with Crippen LogP contribution in [0.5, 0.6) is 5.75 Å². The topological polar surface area (TPSA) is 61.9 Å². The predicted octanol–water partition coefficient (Wildman–Crippen LogP) is 3.73. The first-order valence-corrected chi connectivity index (χ1v) is 8.56. The van der Waals surface area contributed by atoms with E-state index in [9.17, 15) is 27.2 Å². The highest BCUT2D eigenvalue weighted by Crippen LogP contribution is 2.33. The van der Waals surface area contributed by atoms with Gasteiger partial charge in [0.05, 0.1) is 12.7 Å². The lowest BCUT2D eigenvalue weighted by Gasteiger charge is -2.19. The van der Waals surface area contributed by atoms with E-state index in [2.05, 4.69) is 5.32 Å². The fourth-order valence-corrected chi connectivity index (χ4v) is 2.93. The molecule has 0 unspecified atom stereocenters. The molecule has 2 aromatic rings. The van der Waals surface area contributed by atoms with Crippen molar-refractivity contribution in [3.8, 4) is 5.75 Å². The van der Waals surface area contributed by atoms with Gasteiger partial charge in [0.25, 0.3) is 0 Å². The third kappa shape index (κ3) is 4.58. The van der Waals surface area contributed by atoms with Crippen molar-refractivity contribution in [1.29, 1.82) is 0 Å². The van der Waals surface area contributed by atoms with E-state index in [1.807, 2.05) is 0 Å². The van der Waals surface area contributed by atoms with E-state index >= 15 is 0 Å². The first-order chi connectivity index (χ1) is 13.7. The Morgan fingerprint density at radius 2 is 1.83 bits per heavy atom. The summed E-state index contributed by atoms with van der Waals surface area (Å²) in [6.07, 6.45) is -4.88. The number of benzene rings is 2. The molecule has 154 valence electrons. The molecule has 0 spiro atoms. The summed E-state index contributed by atoms with van der Waals surface area (Å²) in [6.45, 7) is 0.285. The van der Waals surface area contributed by atoms with E-state index in [0.717, 1.165) is 6.07 Å². The van der Waals surface area contributed by atoms with Crippen LogP contribution in [0.4, 0.5) is 33.7 Å². The summed E-state index contributed by atoms with van der Waals surface area (Å²) in [5.74, 6) is -1.48. The van der Waals surface area contributed by atoms with E-state index in [4.69, 9.17) is 4.74 Å². The normalized spacial score (nSPS) is 14.3. The smallest absolute Gasteiger partial charge is 0.419 e. The quantitative estimate of drug-likeness (QED) is 0.763. The molecule has 1 fully saturated rings. The van der Waals surface area contributed by atoms with Crippen LogP contribution in [-0.4, -0.2) is 43.6 Å². The van der Waals surface area contributed by atoms with Gasteiger partial charge in [0, 0.05) is 24.5 Å². The molecule has 1 aliphatic heterocycles. The van der Waals surface area contributed by atoms with Gasteiger partial charge in [-0.25, -0.2) is 9.18 Å². The minimum absolute atomic E-state index is 0.206. The number of nitrogens with one attached hydrogen (secondary N) is 1. The predicted molar refractivity (Wildman–Crippen MR) is 97.3 cm³/mol. The molecule has 0 radical (unpaired) electrons. The Balaban J connectivity index is 1.63. The number of urea groups is 1. The summed E-state index contributed by atoms with van der Waals surface area (Å²) in [6, 6.07) is 8.58. The van der Waals surface area contributed by atoms with Crippen molar-refractivity contribution in [2.24, 2.45) is 0 Å². The number of alkyl halides is 3. The Bertz CT molecular complexity index is 916. The van der Waals surface area contributed by atoms with Gasteiger partial charge in [0.2, 0.25) is 5.91 Å². The summed E-state index contributed by atoms with van der Waals surface area (Å²) in [5, 5.41) is 2.26. The molecule has 0 atom stereocenters. The molecule has 0 bridgehead atoms. The summed E-state index contributed by atoms with van der Waals surface area (Å²) < 4.78 is 56.7. The van der Waals surface area contributed by atoms with Crippen molar-refractivity contribution in [1.82, 2.24) is 4.90 Å². The van der Waals surface area contributed by atoms with Gasteiger partial charge in [0.1, 0.15) is 18.1 Å². The standard InChI is InChI=1S/C19H17F4N3O3/c1-29-14-5-3-13(4-6-14)26-9-8-25(18(26)28)11-17(27)24-12-2-7-16(20)15(10-12)19(21,22)23/h2-7,10H,8-9,11H2,1H3,(H,24,27). The fraction of sp³-hybridized carbons (Fsp3) is 0.263. The number of carbonyl (C=O) groups excluding carboxylic acids is 2. The molecule has 6 nitrogen and oxygen atoms in total. The number of rotatable bonds is 5. The molecule has 1 aliphatic rings. The lowest BCUT2D eigenvalue weighted by atomic mass is 10.2. The van der Waals surface area contributed by atoms with Crippen LogP contribution in [0, 0.1) is 5.82 Å². The Morgan fingerprint density at radius 3 is 2.45 bits per heavy atom. The SMILES string of the molecule is COc1ccc(N2CCN(CC(=O)Nc3ccc(F)c(C(F)(F)F)c3)C2=O)cc1. The van der Waals surface area contributed by atoms with Crippen molar-refractivity contribution in [2.45, 2.75) is 6.18 Å². The molecule has 1 heterocycles. The Kier molecular flexibility index (Phi) is 5.62. The van der Waals surface area contributed by atoms with Gasteiger partial charge < -0.3 is 15.0 Å². The molecule has 3 rings (SSSR count). The van der Waals surface area contributed by atoms with Crippen LogP contribution in [0.1, 0.15) is 5.56 Å². The van der Waals surface area contributed by atoms with Crippen LogP contribution in [-0.2, 0) is 11.0 Å². The molecule has 1 saturated heterocycles. The molecule has 3 amide bonds. The van der Waals surface area contributed by atoms with Crippen molar-refractivity contribution < 1.29 is 31.9 Å². The number of hydrogen-bond acceptors (Lipinski definition) is 3. The average molecular weight is 411 g/mol. The zero-order valence-corrected chi connectivity index (χ0v) is 15.3. The molecule has 2 aromatic carbocycles. The van der Waals surface area contributed by atoms with Crippen LogP contribution in [0.15, 0.2) is 42.5 Å². The number of carbonyl (C=O) groups is 2. The average Bonchev–Trinajstić information content (AvgIpc) is 3.03. The number of hydrogen-bond donors (Lipinski definition) is 1. The van der Waals surface area contributed by atoms with E-state index < -0.39 is 29.5 Å². The van der Waals surface area contributed by atoms with Crippen LogP contribution in [0.2, 0.25) is 0 Å². The molecule has 1 N–H and O–H groups in total. The highest BCUT2D eigenvalue weighted by atomic mass is 19.4. The van der Waals surface area contributed by atoms with Gasteiger partial charge in [-0.15, -0.1) is 0 Å². The monoisotopic (exact) mass is 411 g/mol. The first-order valence-electron chi connectivity index (χ1n) is 8.56. The van der Waals surface area contributed by atoms with Gasteiger partial charge in [0.15, 0.2) is 0 Å². The van der Waals surface area contributed by atoms with Crippen molar-refractivity contribution in [2.75, 3.05) is 37.0 Å². The van der Waals surface area contributed by atoms with Crippen LogP contribution in [0.25, 0.3) is 0 Å². The third-order valence-corrected chi connectivity index (χ3v) is 4.37. The minimum Gasteiger partial charge on any atom is -0.497 e. The summed E-state index contributed by atoms with van der Waals surface area (Å²) >= 11 is 0. The first kappa shape index (κ1) is 20.4. The van der Waals surface area contributed by atoms with Gasteiger partial charge in [-0.05, 0) is 42.5 Å². The van der Waals surface area contributed by atoms with Gasteiger partial charge in [-0.2, -0.15) is 13.2 Å². The maximum Gasteiger partial charge on any atom is 0.419 e. The molecule has 29 heavy (non-hydrogen) atoms. The zero-order chi connectivity index (χ0) is 21.2. The van der Waals surface area contributed by atoms with Crippen molar-refractivity contribution >= 4 is 23.3 Å². The fourth-order valence-electron chi connectivity index (χ4n) is 2.93. The second kappa shape index (κ2) is 7.98. The number of nitrogens with zero attached hydrogens (tertiary/aromatic N) is 2. The van der Waals surface area contributed by atoms with E-state index in [-0.39, 0.29) is 18.8 Å². The molecule has 10 heteroatoms. The zero-order valence-electron chi connectivity index (χ0n) is 15.3. The summed E-state index contributed by atoms with van der Waals surface area (Å²) in [5.41, 5.74) is -1.05. The van der Waals surface area contributed by atoms with Crippen molar-refractivity contribution in [3.05, 3.63) is 53.8 Å². The van der Waals surface area contributed by atoms with Crippen molar-refractivity contribution in [3.63, 3.8) is 0 Å². The molecule has 0 aliphatic carbocycles.